The standard InChI is InChI=1S/C17H15BrClNO/c1-20-15(9-11-5-7-13(19)8-6-11)16-10-12-3-2-4-14(18)17(12)21-16/h2-8,10,15,20H,9H2,1H3. The van der Waals surface area contributed by atoms with Crippen LogP contribution in [0.15, 0.2) is 57.4 Å². The summed E-state index contributed by atoms with van der Waals surface area (Å²) in [5.41, 5.74) is 2.11. The zero-order valence-corrected chi connectivity index (χ0v) is 13.9. The molecule has 3 aromatic rings. The fourth-order valence-corrected chi connectivity index (χ4v) is 3.01. The first-order valence-electron chi connectivity index (χ1n) is 6.77. The van der Waals surface area contributed by atoms with Gasteiger partial charge in [0, 0.05) is 10.4 Å². The van der Waals surface area contributed by atoms with Gasteiger partial charge in [-0.05, 0) is 59.2 Å². The van der Waals surface area contributed by atoms with Crippen molar-refractivity contribution in [2.75, 3.05) is 7.05 Å². The molecule has 3 rings (SSSR count). The zero-order valence-electron chi connectivity index (χ0n) is 11.6. The molecule has 0 aliphatic heterocycles. The molecule has 1 atom stereocenters. The molecule has 108 valence electrons. The lowest BCUT2D eigenvalue weighted by molar-refractivity contribution is 0.450. The van der Waals surface area contributed by atoms with Crippen LogP contribution in [0.1, 0.15) is 17.4 Å². The van der Waals surface area contributed by atoms with Gasteiger partial charge in [-0.3, -0.25) is 0 Å². The number of benzene rings is 2. The molecule has 0 fully saturated rings. The lowest BCUT2D eigenvalue weighted by atomic mass is 10.0. The maximum absolute atomic E-state index is 6.01. The number of likely N-dealkylation sites (N-methyl/N-ethyl adjacent to an activating group) is 1. The van der Waals surface area contributed by atoms with E-state index in [0.29, 0.717) is 0 Å². The molecule has 0 saturated carbocycles. The Morgan fingerprint density at radius 2 is 1.95 bits per heavy atom. The Morgan fingerprint density at radius 1 is 1.19 bits per heavy atom. The van der Waals surface area contributed by atoms with E-state index in [-0.39, 0.29) is 6.04 Å². The van der Waals surface area contributed by atoms with Crippen LogP contribution < -0.4 is 5.32 Å². The van der Waals surface area contributed by atoms with Crippen LogP contribution in [-0.4, -0.2) is 7.05 Å². The second-order valence-corrected chi connectivity index (χ2v) is 6.27. The van der Waals surface area contributed by atoms with E-state index >= 15 is 0 Å². The molecule has 2 aromatic carbocycles. The van der Waals surface area contributed by atoms with Gasteiger partial charge in [-0.2, -0.15) is 0 Å². The van der Waals surface area contributed by atoms with Crippen molar-refractivity contribution in [2.24, 2.45) is 0 Å². The molecule has 0 amide bonds. The van der Waals surface area contributed by atoms with Gasteiger partial charge < -0.3 is 9.73 Å². The molecule has 21 heavy (non-hydrogen) atoms. The largest absolute Gasteiger partial charge is 0.458 e. The molecule has 2 nitrogen and oxygen atoms in total. The summed E-state index contributed by atoms with van der Waals surface area (Å²) in [6.07, 6.45) is 0.852. The van der Waals surface area contributed by atoms with E-state index in [1.807, 2.05) is 43.4 Å². The molecular formula is C17H15BrClNO. The van der Waals surface area contributed by atoms with E-state index in [1.165, 1.54) is 5.56 Å². The highest BCUT2D eigenvalue weighted by Crippen LogP contribution is 2.30. The number of rotatable bonds is 4. The van der Waals surface area contributed by atoms with Crippen molar-refractivity contribution in [1.82, 2.24) is 5.32 Å². The Morgan fingerprint density at radius 3 is 2.62 bits per heavy atom. The summed E-state index contributed by atoms with van der Waals surface area (Å²) in [7, 11) is 1.95. The minimum absolute atomic E-state index is 0.130. The Balaban J connectivity index is 1.90. The molecule has 1 aromatic heterocycles. The second kappa shape index (κ2) is 6.22. The average molecular weight is 365 g/mol. The fourth-order valence-electron chi connectivity index (χ4n) is 2.42. The Labute approximate surface area is 137 Å². The maximum atomic E-state index is 6.01. The average Bonchev–Trinajstić information content (AvgIpc) is 2.92. The van der Waals surface area contributed by atoms with E-state index in [1.54, 1.807) is 0 Å². The number of hydrogen-bond donors (Lipinski definition) is 1. The molecule has 0 aliphatic rings. The molecule has 1 heterocycles. The highest BCUT2D eigenvalue weighted by atomic mass is 79.9. The van der Waals surface area contributed by atoms with Crippen LogP contribution in [0.4, 0.5) is 0 Å². The predicted octanol–water partition coefficient (Wildman–Crippen LogP) is 5.35. The van der Waals surface area contributed by atoms with Gasteiger partial charge in [0.2, 0.25) is 0 Å². The third-order valence-electron chi connectivity index (χ3n) is 3.56. The SMILES string of the molecule is CNC(Cc1ccc(Cl)cc1)c1cc2cccc(Br)c2o1. The lowest BCUT2D eigenvalue weighted by Crippen LogP contribution is -2.18. The number of nitrogens with one attached hydrogen (secondary N) is 1. The number of fused-ring (bicyclic) bond motifs is 1. The van der Waals surface area contributed by atoms with Gasteiger partial charge in [0.05, 0.1) is 10.5 Å². The molecule has 1 unspecified atom stereocenters. The van der Waals surface area contributed by atoms with E-state index in [0.717, 1.165) is 32.6 Å². The van der Waals surface area contributed by atoms with Crippen LogP contribution >= 0.6 is 27.5 Å². The minimum atomic E-state index is 0.130. The second-order valence-electron chi connectivity index (χ2n) is 4.98. The van der Waals surface area contributed by atoms with Crippen molar-refractivity contribution >= 4 is 38.5 Å². The van der Waals surface area contributed by atoms with Crippen LogP contribution in [0.5, 0.6) is 0 Å². The summed E-state index contributed by atoms with van der Waals surface area (Å²) >= 11 is 9.46. The van der Waals surface area contributed by atoms with Crippen molar-refractivity contribution in [3.05, 3.63) is 69.3 Å². The van der Waals surface area contributed by atoms with Crippen molar-refractivity contribution in [2.45, 2.75) is 12.5 Å². The van der Waals surface area contributed by atoms with Crippen molar-refractivity contribution in [1.29, 1.82) is 0 Å². The quantitative estimate of drug-likeness (QED) is 0.675. The Hall–Kier alpha value is -1.29. The number of para-hydroxylation sites is 1. The molecule has 0 aliphatic carbocycles. The fraction of sp³-hybridized carbons (Fsp3) is 0.176. The molecule has 0 spiro atoms. The summed E-state index contributed by atoms with van der Waals surface area (Å²) in [4.78, 5) is 0. The molecule has 4 heteroatoms. The summed E-state index contributed by atoms with van der Waals surface area (Å²) in [6.45, 7) is 0. The first kappa shape index (κ1) is 14.6. The van der Waals surface area contributed by atoms with Crippen LogP contribution in [0.3, 0.4) is 0 Å². The Kier molecular flexibility index (Phi) is 4.34. The summed E-state index contributed by atoms with van der Waals surface area (Å²) in [6, 6.07) is 16.2. The van der Waals surface area contributed by atoms with Crippen LogP contribution in [0, 0.1) is 0 Å². The van der Waals surface area contributed by atoms with Gasteiger partial charge in [-0.15, -0.1) is 0 Å². The van der Waals surface area contributed by atoms with Crippen LogP contribution in [0.2, 0.25) is 5.02 Å². The van der Waals surface area contributed by atoms with E-state index in [9.17, 15) is 0 Å². The lowest BCUT2D eigenvalue weighted by Gasteiger charge is -2.13. The van der Waals surface area contributed by atoms with E-state index in [4.69, 9.17) is 16.0 Å². The first-order chi connectivity index (χ1) is 10.2. The van der Waals surface area contributed by atoms with Crippen molar-refractivity contribution < 1.29 is 4.42 Å². The third-order valence-corrected chi connectivity index (χ3v) is 4.44. The summed E-state index contributed by atoms with van der Waals surface area (Å²) in [5, 5.41) is 5.18. The van der Waals surface area contributed by atoms with Gasteiger partial charge in [-0.1, -0.05) is 35.9 Å². The van der Waals surface area contributed by atoms with Gasteiger partial charge in [0.25, 0.3) is 0 Å². The normalized spacial score (nSPS) is 12.7. The highest BCUT2D eigenvalue weighted by molar-refractivity contribution is 9.10. The van der Waals surface area contributed by atoms with Gasteiger partial charge >= 0.3 is 0 Å². The number of hydrogen-bond acceptors (Lipinski definition) is 2. The highest BCUT2D eigenvalue weighted by Gasteiger charge is 2.16. The third kappa shape index (κ3) is 3.15. The van der Waals surface area contributed by atoms with Crippen LogP contribution in [-0.2, 0) is 6.42 Å². The molecule has 0 saturated heterocycles. The van der Waals surface area contributed by atoms with Gasteiger partial charge in [-0.25, -0.2) is 0 Å². The molecular weight excluding hydrogens is 350 g/mol. The first-order valence-corrected chi connectivity index (χ1v) is 7.94. The minimum Gasteiger partial charge on any atom is -0.458 e. The van der Waals surface area contributed by atoms with Crippen LogP contribution in [0.25, 0.3) is 11.0 Å². The molecule has 1 N–H and O–H groups in total. The number of halogens is 2. The van der Waals surface area contributed by atoms with Crippen molar-refractivity contribution in [3.63, 3.8) is 0 Å². The summed E-state index contributed by atoms with van der Waals surface area (Å²) in [5.74, 6) is 0.939. The smallest absolute Gasteiger partial charge is 0.148 e. The molecule has 0 bridgehead atoms. The topological polar surface area (TPSA) is 25.2 Å². The Bertz CT molecular complexity index is 751. The monoisotopic (exact) mass is 363 g/mol. The van der Waals surface area contributed by atoms with Gasteiger partial charge in [0.1, 0.15) is 11.3 Å². The zero-order chi connectivity index (χ0) is 14.8. The number of furan rings is 1. The van der Waals surface area contributed by atoms with Gasteiger partial charge in [0.15, 0.2) is 0 Å². The molecule has 0 radical (unpaired) electrons. The van der Waals surface area contributed by atoms with Crippen molar-refractivity contribution in [3.8, 4) is 0 Å². The summed E-state index contributed by atoms with van der Waals surface area (Å²) < 4.78 is 6.99. The predicted molar refractivity (Wildman–Crippen MR) is 90.9 cm³/mol. The maximum Gasteiger partial charge on any atom is 0.148 e. The van der Waals surface area contributed by atoms with E-state index in [2.05, 4.69) is 33.4 Å². The van der Waals surface area contributed by atoms with E-state index < -0.39 is 0 Å².